The zero-order chi connectivity index (χ0) is 10.5. The molecule has 2 saturated carbocycles. The van der Waals surface area contributed by atoms with Crippen molar-refractivity contribution in [3.63, 3.8) is 0 Å². The maximum Gasteiger partial charge on any atom is 0.175 e. The highest BCUT2D eigenvalue weighted by molar-refractivity contribution is 5.86. The Morgan fingerprint density at radius 2 is 1.27 bits per heavy atom. The third-order valence-corrected chi connectivity index (χ3v) is 3.77. The Hall–Kier alpha value is -0.740. The normalized spacial score (nSPS) is 38.7. The molecule has 2 bridgehead atoms. The van der Waals surface area contributed by atoms with Gasteiger partial charge in [-0.2, -0.15) is 0 Å². The predicted molar refractivity (Wildman–Crippen MR) is 50.1 cm³/mol. The molecule has 1 heterocycles. The van der Waals surface area contributed by atoms with Crippen molar-refractivity contribution in [1.82, 2.24) is 0 Å². The molecule has 0 unspecified atom stereocenters. The fourth-order valence-corrected chi connectivity index (χ4v) is 3.23. The topological polar surface area (TPSA) is 52.6 Å². The van der Waals surface area contributed by atoms with Crippen LogP contribution in [0.5, 0.6) is 0 Å². The molecular weight excluding hydrogens is 196 g/mol. The summed E-state index contributed by atoms with van der Waals surface area (Å²) in [6.45, 7) is 1.19. The van der Waals surface area contributed by atoms with E-state index >= 15 is 0 Å². The van der Waals surface area contributed by atoms with Crippen molar-refractivity contribution in [2.75, 3.05) is 13.2 Å². The van der Waals surface area contributed by atoms with Crippen LogP contribution in [0.2, 0.25) is 0 Å². The van der Waals surface area contributed by atoms with Crippen molar-refractivity contribution in [1.29, 1.82) is 0 Å². The number of ketones is 2. The predicted octanol–water partition coefficient (Wildman–Crippen LogP) is 0.688. The van der Waals surface area contributed by atoms with E-state index in [1.54, 1.807) is 0 Å². The Balaban J connectivity index is 1.95. The summed E-state index contributed by atoms with van der Waals surface area (Å²) in [5.41, 5.74) is 0. The smallest absolute Gasteiger partial charge is 0.175 e. The van der Waals surface area contributed by atoms with Crippen LogP contribution >= 0.6 is 0 Å². The van der Waals surface area contributed by atoms with Crippen LogP contribution in [0, 0.1) is 11.8 Å². The minimum atomic E-state index is -0.595. The summed E-state index contributed by atoms with van der Waals surface area (Å²) in [4.78, 5) is 23.0. The van der Waals surface area contributed by atoms with Gasteiger partial charge in [0.15, 0.2) is 5.79 Å². The summed E-state index contributed by atoms with van der Waals surface area (Å²) in [5, 5.41) is 0. The van der Waals surface area contributed by atoms with Gasteiger partial charge in [-0.3, -0.25) is 9.59 Å². The van der Waals surface area contributed by atoms with Gasteiger partial charge in [-0.15, -0.1) is 0 Å². The van der Waals surface area contributed by atoms with Gasteiger partial charge in [0.2, 0.25) is 0 Å². The quantitative estimate of drug-likeness (QED) is 0.590. The van der Waals surface area contributed by atoms with Crippen molar-refractivity contribution < 1.29 is 19.1 Å². The number of rotatable bonds is 0. The van der Waals surface area contributed by atoms with Crippen LogP contribution in [0.15, 0.2) is 0 Å². The molecule has 4 heteroatoms. The minimum Gasteiger partial charge on any atom is -0.347 e. The first-order chi connectivity index (χ1) is 7.21. The number of Topliss-reactive ketones (excluding diaryl/α,β-unsaturated/α-hetero) is 2. The molecule has 2 aliphatic carbocycles. The van der Waals surface area contributed by atoms with Crippen molar-refractivity contribution >= 4 is 11.6 Å². The van der Waals surface area contributed by atoms with Crippen LogP contribution < -0.4 is 0 Å². The fraction of sp³-hybridized carbons (Fsp3) is 0.818. The van der Waals surface area contributed by atoms with Gasteiger partial charge in [0, 0.05) is 37.5 Å². The molecule has 3 aliphatic rings. The molecule has 4 nitrogen and oxygen atoms in total. The van der Waals surface area contributed by atoms with E-state index in [9.17, 15) is 9.59 Å². The third kappa shape index (κ3) is 1.28. The van der Waals surface area contributed by atoms with Gasteiger partial charge in [-0.1, -0.05) is 0 Å². The van der Waals surface area contributed by atoms with E-state index in [4.69, 9.17) is 9.47 Å². The Bertz CT molecular complexity index is 275. The van der Waals surface area contributed by atoms with E-state index < -0.39 is 5.79 Å². The number of ether oxygens (including phenoxy) is 2. The highest BCUT2D eigenvalue weighted by atomic mass is 16.7. The van der Waals surface area contributed by atoms with Crippen LogP contribution in [-0.4, -0.2) is 30.6 Å². The Kier molecular flexibility index (Phi) is 1.97. The van der Waals surface area contributed by atoms with Crippen molar-refractivity contribution in [2.45, 2.75) is 31.5 Å². The molecule has 0 amide bonds. The Morgan fingerprint density at radius 1 is 0.867 bits per heavy atom. The number of carbonyl (C=O) groups is 2. The van der Waals surface area contributed by atoms with Gasteiger partial charge >= 0.3 is 0 Å². The second-order valence-corrected chi connectivity index (χ2v) is 4.71. The van der Waals surface area contributed by atoms with Crippen LogP contribution in [0.4, 0.5) is 0 Å². The lowest BCUT2D eigenvalue weighted by Crippen LogP contribution is -2.55. The summed E-state index contributed by atoms with van der Waals surface area (Å²) in [7, 11) is 0. The molecule has 0 N–H and O–H groups in total. The Labute approximate surface area is 87.9 Å². The van der Waals surface area contributed by atoms with Gasteiger partial charge in [0.25, 0.3) is 0 Å². The zero-order valence-corrected chi connectivity index (χ0v) is 8.53. The van der Waals surface area contributed by atoms with E-state index in [0.717, 1.165) is 0 Å². The van der Waals surface area contributed by atoms with Gasteiger partial charge in [-0.25, -0.2) is 0 Å². The lowest BCUT2D eigenvalue weighted by Gasteiger charge is -2.47. The SMILES string of the molecule is O=C1CC2CC(=O)CC(C1)C21OCCO1. The molecule has 0 aromatic carbocycles. The average Bonchev–Trinajstić information content (AvgIpc) is 2.60. The van der Waals surface area contributed by atoms with Crippen LogP contribution in [0.1, 0.15) is 25.7 Å². The van der Waals surface area contributed by atoms with Gasteiger partial charge in [0.05, 0.1) is 13.2 Å². The monoisotopic (exact) mass is 210 g/mol. The molecule has 15 heavy (non-hydrogen) atoms. The second kappa shape index (κ2) is 3.12. The zero-order valence-electron chi connectivity index (χ0n) is 8.53. The molecule has 1 saturated heterocycles. The van der Waals surface area contributed by atoms with Crippen LogP contribution in [0.25, 0.3) is 0 Å². The molecule has 3 fully saturated rings. The van der Waals surface area contributed by atoms with E-state index in [0.29, 0.717) is 38.9 Å². The number of hydrogen-bond acceptors (Lipinski definition) is 4. The van der Waals surface area contributed by atoms with Gasteiger partial charge < -0.3 is 9.47 Å². The van der Waals surface area contributed by atoms with Crippen LogP contribution in [-0.2, 0) is 19.1 Å². The summed E-state index contributed by atoms with van der Waals surface area (Å²) in [6.07, 6.45) is 1.79. The standard InChI is InChI=1S/C11H14O4/c12-9-3-7-4-10(13)6-8(5-9)11(7)14-1-2-15-11/h7-8H,1-6H2. The first-order valence-electron chi connectivity index (χ1n) is 5.52. The summed E-state index contributed by atoms with van der Waals surface area (Å²) >= 11 is 0. The highest BCUT2D eigenvalue weighted by Gasteiger charge is 2.57. The second-order valence-electron chi connectivity index (χ2n) is 4.71. The lowest BCUT2D eigenvalue weighted by molar-refractivity contribution is -0.250. The molecule has 1 spiro atoms. The van der Waals surface area contributed by atoms with Crippen molar-refractivity contribution in [2.24, 2.45) is 11.8 Å². The van der Waals surface area contributed by atoms with Gasteiger partial charge in [-0.05, 0) is 0 Å². The molecule has 0 aromatic rings. The summed E-state index contributed by atoms with van der Waals surface area (Å²) < 4.78 is 11.4. The molecule has 0 radical (unpaired) electrons. The lowest BCUT2D eigenvalue weighted by atomic mass is 9.66. The first kappa shape index (κ1) is 9.48. The molecule has 3 rings (SSSR count). The van der Waals surface area contributed by atoms with Crippen molar-refractivity contribution in [3.8, 4) is 0 Å². The van der Waals surface area contributed by atoms with E-state index in [1.165, 1.54) is 0 Å². The van der Waals surface area contributed by atoms with E-state index in [-0.39, 0.29) is 23.4 Å². The molecular formula is C11H14O4. The minimum absolute atomic E-state index is 0.0347. The van der Waals surface area contributed by atoms with Crippen LogP contribution in [0.3, 0.4) is 0 Å². The van der Waals surface area contributed by atoms with E-state index in [2.05, 4.69) is 0 Å². The average molecular weight is 210 g/mol. The third-order valence-electron chi connectivity index (χ3n) is 3.77. The maximum atomic E-state index is 11.5. The molecule has 0 aromatic heterocycles. The molecule has 82 valence electrons. The van der Waals surface area contributed by atoms with Gasteiger partial charge in [0.1, 0.15) is 11.6 Å². The number of hydrogen-bond donors (Lipinski definition) is 0. The van der Waals surface area contributed by atoms with Crippen molar-refractivity contribution in [3.05, 3.63) is 0 Å². The number of carbonyl (C=O) groups excluding carboxylic acids is 2. The maximum absolute atomic E-state index is 11.5. The highest BCUT2D eigenvalue weighted by Crippen LogP contribution is 2.49. The summed E-state index contributed by atoms with van der Waals surface area (Å²) in [6, 6.07) is 0. The fourth-order valence-electron chi connectivity index (χ4n) is 3.23. The van der Waals surface area contributed by atoms with E-state index in [1.807, 2.05) is 0 Å². The molecule has 1 aliphatic heterocycles. The summed E-state index contributed by atoms with van der Waals surface area (Å²) in [5.74, 6) is -0.161. The first-order valence-corrected chi connectivity index (χ1v) is 5.52. The molecule has 0 atom stereocenters. The Morgan fingerprint density at radius 3 is 1.67 bits per heavy atom. The largest absolute Gasteiger partial charge is 0.347 e.